The molecule has 1 aromatic carbocycles. The lowest BCUT2D eigenvalue weighted by Gasteiger charge is -2.28. The van der Waals surface area contributed by atoms with Crippen LogP contribution in [0.4, 0.5) is 0 Å². The van der Waals surface area contributed by atoms with Crippen molar-refractivity contribution in [1.29, 1.82) is 0 Å². The molecule has 3 rings (SSSR count). The van der Waals surface area contributed by atoms with Crippen LogP contribution in [0.2, 0.25) is 0 Å². The second-order valence-corrected chi connectivity index (χ2v) is 7.41. The van der Waals surface area contributed by atoms with Crippen LogP contribution in [0.15, 0.2) is 24.3 Å². The molecular weight excluding hydrogens is 312 g/mol. The zero-order valence-corrected chi connectivity index (χ0v) is 15.7. The number of amides is 1. The third-order valence-electron chi connectivity index (χ3n) is 5.85. The Labute approximate surface area is 152 Å². The zero-order valence-electron chi connectivity index (χ0n) is 15.7. The van der Waals surface area contributed by atoms with Gasteiger partial charge in [-0.2, -0.15) is 0 Å². The first-order chi connectivity index (χ1) is 12.2. The summed E-state index contributed by atoms with van der Waals surface area (Å²) in [7, 11) is 0. The van der Waals surface area contributed by atoms with E-state index in [1.54, 1.807) is 0 Å². The minimum atomic E-state index is 0.0936. The number of nitrogens with zero attached hydrogens (tertiary/aromatic N) is 2. The van der Waals surface area contributed by atoms with Gasteiger partial charge in [-0.25, -0.2) is 0 Å². The highest BCUT2D eigenvalue weighted by Crippen LogP contribution is 2.40. The fraction of sp³-hybridized carbons (Fsp3) is 0.667. The Bertz CT molecular complexity index is 542. The summed E-state index contributed by atoms with van der Waals surface area (Å²) in [6.07, 6.45) is 5.21. The van der Waals surface area contributed by atoms with Crippen molar-refractivity contribution >= 4 is 5.91 Å². The summed E-state index contributed by atoms with van der Waals surface area (Å²) >= 11 is 0. The number of hydrogen-bond acceptors (Lipinski definition) is 3. The van der Waals surface area contributed by atoms with Crippen LogP contribution in [0.1, 0.15) is 49.9 Å². The van der Waals surface area contributed by atoms with Crippen molar-refractivity contribution in [2.24, 2.45) is 11.8 Å². The molecule has 0 unspecified atom stereocenters. The molecule has 2 fully saturated rings. The lowest BCUT2D eigenvalue weighted by molar-refractivity contribution is 0.0773. The first kappa shape index (κ1) is 18.2. The highest BCUT2D eigenvalue weighted by atomic mass is 16.5. The minimum Gasteiger partial charge on any atom is -0.494 e. The van der Waals surface area contributed by atoms with Gasteiger partial charge in [0.1, 0.15) is 5.75 Å². The highest BCUT2D eigenvalue weighted by molar-refractivity contribution is 5.94. The number of carbonyl (C=O) groups excluding carboxylic acids is 1. The molecule has 4 heteroatoms. The topological polar surface area (TPSA) is 32.8 Å². The first-order valence-electron chi connectivity index (χ1n) is 9.95. The molecule has 1 saturated carbocycles. The van der Waals surface area contributed by atoms with Crippen molar-refractivity contribution in [3.8, 4) is 5.75 Å². The molecule has 1 aromatic rings. The average molecular weight is 344 g/mol. The molecule has 0 aromatic heterocycles. The normalized spacial score (nSPS) is 22.3. The van der Waals surface area contributed by atoms with E-state index in [0.29, 0.717) is 0 Å². The van der Waals surface area contributed by atoms with Gasteiger partial charge in [-0.3, -0.25) is 4.79 Å². The Morgan fingerprint density at radius 2 is 1.72 bits per heavy atom. The Morgan fingerprint density at radius 1 is 1.08 bits per heavy atom. The summed E-state index contributed by atoms with van der Waals surface area (Å²) in [6.45, 7) is 10.1. The van der Waals surface area contributed by atoms with Gasteiger partial charge in [0.05, 0.1) is 6.61 Å². The summed E-state index contributed by atoms with van der Waals surface area (Å²) in [5.41, 5.74) is 0.736. The number of likely N-dealkylation sites (tertiary alicyclic amines) is 1. The second-order valence-electron chi connectivity index (χ2n) is 7.41. The molecule has 2 aliphatic rings. The maximum atomic E-state index is 12.3. The number of rotatable bonds is 9. The van der Waals surface area contributed by atoms with Crippen LogP contribution >= 0.6 is 0 Å². The van der Waals surface area contributed by atoms with E-state index >= 15 is 0 Å². The predicted octanol–water partition coefficient (Wildman–Crippen LogP) is 3.67. The number of ether oxygens (including phenoxy) is 1. The standard InChI is InChI=1S/C21H32N2O2/c1-3-23(4-2)21(24)17-9-11-20(12-10-17)25-14-6-5-13-22-15-18-7-8-19(18)16-22/h9-12,18-19H,3-8,13-16H2,1-2H3/t18-,19+. The second kappa shape index (κ2) is 8.70. The van der Waals surface area contributed by atoms with E-state index in [-0.39, 0.29) is 5.91 Å². The van der Waals surface area contributed by atoms with Crippen LogP contribution < -0.4 is 4.74 Å². The van der Waals surface area contributed by atoms with Crippen LogP contribution in [0.25, 0.3) is 0 Å². The maximum Gasteiger partial charge on any atom is 0.253 e. The van der Waals surface area contributed by atoms with Gasteiger partial charge in [-0.15, -0.1) is 0 Å². The molecule has 2 atom stereocenters. The van der Waals surface area contributed by atoms with Crippen molar-refractivity contribution in [3.05, 3.63) is 29.8 Å². The number of fused-ring (bicyclic) bond motifs is 1. The maximum absolute atomic E-state index is 12.3. The van der Waals surface area contributed by atoms with Gasteiger partial charge in [-0.1, -0.05) is 0 Å². The SMILES string of the molecule is CCN(CC)C(=O)c1ccc(OCCCCN2C[C@H]3CC[C@H]3C2)cc1. The fourth-order valence-corrected chi connectivity index (χ4v) is 4.05. The molecule has 0 N–H and O–H groups in total. The van der Waals surface area contributed by atoms with E-state index in [4.69, 9.17) is 4.74 Å². The summed E-state index contributed by atoms with van der Waals surface area (Å²) in [5, 5.41) is 0. The number of carbonyl (C=O) groups is 1. The van der Waals surface area contributed by atoms with E-state index in [2.05, 4.69) is 4.90 Å². The van der Waals surface area contributed by atoms with Crippen LogP contribution in [0, 0.1) is 11.8 Å². The number of benzene rings is 1. The zero-order chi connectivity index (χ0) is 17.6. The van der Waals surface area contributed by atoms with Crippen LogP contribution in [0.3, 0.4) is 0 Å². The van der Waals surface area contributed by atoms with Gasteiger partial charge >= 0.3 is 0 Å². The molecule has 0 spiro atoms. The molecule has 25 heavy (non-hydrogen) atoms. The quantitative estimate of drug-likeness (QED) is 0.641. The molecule has 1 aliphatic heterocycles. The van der Waals surface area contributed by atoms with Crippen molar-refractivity contribution < 1.29 is 9.53 Å². The third-order valence-corrected chi connectivity index (χ3v) is 5.85. The van der Waals surface area contributed by atoms with E-state index in [1.807, 2.05) is 43.0 Å². The molecule has 138 valence electrons. The largest absolute Gasteiger partial charge is 0.494 e. The summed E-state index contributed by atoms with van der Waals surface area (Å²) in [4.78, 5) is 16.7. The van der Waals surface area contributed by atoms with Crippen LogP contribution in [0.5, 0.6) is 5.75 Å². The fourth-order valence-electron chi connectivity index (χ4n) is 4.05. The van der Waals surface area contributed by atoms with Crippen molar-refractivity contribution in [2.45, 2.75) is 39.5 Å². The molecule has 0 bridgehead atoms. The van der Waals surface area contributed by atoms with Crippen LogP contribution in [-0.2, 0) is 0 Å². The molecule has 1 saturated heterocycles. The Kier molecular flexibility index (Phi) is 6.35. The predicted molar refractivity (Wildman–Crippen MR) is 101 cm³/mol. The van der Waals surface area contributed by atoms with Gasteiger partial charge in [-0.05, 0) is 82.2 Å². The Morgan fingerprint density at radius 3 is 2.28 bits per heavy atom. The first-order valence-corrected chi connectivity index (χ1v) is 9.95. The van der Waals surface area contributed by atoms with Gasteiger partial charge in [0.25, 0.3) is 5.91 Å². The smallest absolute Gasteiger partial charge is 0.253 e. The van der Waals surface area contributed by atoms with Crippen molar-refractivity contribution in [2.75, 3.05) is 39.3 Å². The third kappa shape index (κ3) is 4.55. The minimum absolute atomic E-state index is 0.0936. The lowest BCUT2D eigenvalue weighted by Crippen LogP contribution is -2.30. The summed E-state index contributed by atoms with van der Waals surface area (Å²) < 4.78 is 5.83. The molecule has 1 amide bonds. The number of hydrogen-bond donors (Lipinski definition) is 0. The van der Waals surface area contributed by atoms with Crippen LogP contribution in [-0.4, -0.2) is 55.0 Å². The van der Waals surface area contributed by atoms with E-state index in [1.165, 1.54) is 38.9 Å². The Balaban J connectivity index is 1.33. The number of unbranched alkanes of at least 4 members (excludes halogenated alkanes) is 1. The highest BCUT2D eigenvalue weighted by Gasteiger charge is 2.38. The van der Waals surface area contributed by atoms with E-state index < -0.39 is 0 Å². The van der Waals surface area contributed by atoms with E-state index in [9.17, 15) is 4.79 Å². The van der Waals surface area contributed by atoms with Crippen molar-refractivity contribution in [1.82, 2.24) is 9.80 Å². The molecule has 4 nitrogen and oxygen atoms in total. The summed E-state index contributed by atoms with van der Waals surface area (Å²) in [6, 6.07) is 7.57. The summed E-state index contributed by atoms with van der Waals surface area (Å²) in [5.74, 6) is 2.97. The monoisotopic (exact) mass is 344 g/mol. The van der Waals surface area contributed by atoms with Gasteiger partial charge < -0.3 is 14.5 Å². The van der Waals surface area contributed by atoms with Gasteiger partial charge in [0, 0.05) is 31.7 Å². The lowest BCUT2D eigenvalue weighted by atomic mass is 9.77. The Hall–Kier alpha value is -1.55. The molecule has 1 heterocycles. The molecule has 1 aliphatic carbocycles. The molecular formula is C21H32N2O2. The van der Waals surface area contributed by atoms with Crippen molar-refractivity contribution in [3.63, 3.8) is 0 Å². The molecule has 0 radical (unpaired) electrons. The van der Waals surface area contributed by atoms with Gasteiger partial charge in [0.2, 0.25) is 0 Å². The van der Waals surface area contributed by atoms with E-state index in [0.717, 1.165) is 49.3 Å². The van der Waals surface area contributed by atoms with Gasteiger partial charge in [0.15, 0.2) is 0 Å². The average Bonchev–Trinajstić information content (AvgIpc) is 2.90.